The van der Waals surface area contributed by atoms with Gasteiger partial charge in [0.15, 0.2) is 11.7 Å². The average Bonchev–Trinajstić information content (AvgIpc) is 3.11. The number of aromatic nitrogens is 2. The van der Waals surface area contributed by atoms with Gasteiger partial charge in [-0.3, -0.25) is 4.79 Å². The van der Waals surface area contributed by atoms with Crippen molar-refractivity contribution in [2.24, 2.45) is 0 Å². The third-order valence-electron chi connectivity index (χ3n) is 6.11. The van der Waals surface area contributed by atoms with Crippen molar-refractivity contribution in [2.45, 2.75) is 69.9 Å². The van der Waals surface area contributed by atoms with Gasteiger partial charge in [0.1, 0.15) is 5.82 Å². The highest BCUT2D eigenvalue weighted by Gasteiger charge is 2.47. The van der Waals surface area contributed by atoms with E-state index in [-0.39, 0.29) is 35.9 Å². The Kier molecular flexibility index (Phi) is 5.46. The lowest BCUT2D eigenvalue weighted by Gasteiger charge is -2.38. The molecule has 4 atom stereocenters. The van der Waals surface area contributed by atoms with Gasteiger partial charge in [0.2, 0.25) is 0 Å². The fourth-order valence-corrected chi connectivity index (χ4v) is 4.67. The summed E-state index contributed by atoms with van der Waals surface area (Å²) in [7, 11) is 0. The predicted octanol–water partition coefficient (Wildman–Crippen LogP) is 5.60. The van der Waals surface area contributed by atoms with E-state index in [1.807, 2.05) is 13.8 Å². The van der Waals surface area contributed by atoms with Crippen LogP contribution in [0.4, 0.5) is 19.0 Å². The quantitative estimate of drug-likeness (QED) is 0.661. The van der Waals surface area contributed by atoms with Gasteiger partial charge in [-0.1, -0.05) is 23.7 Å². The van der Waals surface area contributed by atoms with E-state index in [4.69, 9.17) is 11.6 Å². The van der Waals surface area contributed by atoms with Crippen molar-refractivity contribution in [3.05, 3.63) is 46.6 Å². The molecular weight excluding hydrogens is 417 g/mol. The number of halogens is 4. The minimum atomic E-state index is -4.49. The molecule has 1 saturated heterocycles. The molecule has 2 aromatic rings. The Morgan fingerprint density at radius 1 is 1.17 bits per heavy atom. The normalized spacial score (nSPS) is 26.8. The second kappa shape index (κ2) is 7.80. The van der Waals surface area contributed by atoms with Crippen LogP contribution < -0.4 is 5.32 Å². The van der Waals surface area contributed by atoms with Gasteiger partial charge < -0.3 is 10.2 Å². The Bertz CT molecular complexity index is 917. The second-order valence-corrected chi connectivity index (χ2v) is 8.68. The molecule has 0 spiro atoms. The van der Waals surface area contributed by atoms with Gasteiger partial charge in [-0.05, 0) is 50.8 Å². The number of piperidine rings is 1. The zero-order valence-corrected chi connectivity index (χ0v) is 17.5. The molecule has 2 aliphatic rings. The van der Waals surface area contributed by atoms with Crippen molar-refractivity contribution >= 4 is 23.3 Å². The SMILES string of the molecule is C[C@@H]1CCC[C@H](C)N1C(=O)c1cc2n(n1)[C@H](C(F)(F)F)C[C@H](c1ccc(Cl)cc1)N2. The molecule has 1 aromatic carbocycles. The van der Waals surface area contributed by atoms with Crippen molar-refractivity contribution in [3.8, 4) is 0 Å². The number of hydrogen-bond donors (Lipinski definition) is 1. The van der Waals surface area contributed by atoms with E-state index in [9.17, 15) is 18.0 Å². The summed E-state index contributed by atoms with van der Waals surface area (Å²) >= 11 is 5.91. The summed E-state index contributed by atoms with van der Waals surface area (Å²) in [5, 5.41) is 7.75. The molecule has 1 amide bonds. The summed E-state index contributed by atoms with van der Waals surface area (Å²) in [6, 6.07) is 5.87. The van der Waals surface area contributed by atoms with E-state index in [2.05, 4.69) is 10.4 Å². The number of nitrogens with one attached hydrogen (secondary N) is 1. The van der Waals surface area contributed by atoms with Crippen LogP contribution in [0.3, 0.4) is 0 Å². The van der Waals surface area contributed by atoms with E-state index < -0.39 is 18.3 Å². The number of carbonyl (C=O) groups excluding carboxylic acids is 1. The summed E-state index contributed by atoms with van der Waals surface area (Å²) < 4.78 is 42.5. The molecule has 9 heteroatoms. The molecule has 0 bridgehead atoms. The highest BCUT2D eigenvalue weighted by Crippen LogP contribution is 2.44. The summed E-state index contributed by atoms with van der Waals surface area (Å²) in [5.74, 6) is -0.119. The summed E-state index contributed by atoms with van der Waals surface area (Å²) in [6.07, 6.45) is -1.91. The van der Waals surface area contributed by atoms with E-state index in [0.29, 0.717) is 10.6 Å². The maximum Gasteiger partial charge on any atom is 0.410 e. The van der Waals surface area contributed by atoms with E-state index in [1.54, 1.807) is 29.2 Å². The number of carbonyl (C=O) groups is 1. The third kappa shape index (κ3) is 3.89. The molecule has 30 heavy (non-hydrogen) atoms. The average molecular weight is 441 g/mol. The van der Waals surface area contributed by atoms with Gasteiger partial charge in [0.05, 0.1) is 6.04 Å². The number of benzene rings is 1. The number of fused-ring (bicyclic) bond motifs is 1. The number of anilines is 1. The zero-order chi connectivity index (χ0) is 21.6. The van der Waals surface area contributed by atoms with Crippen LogP contribution in [-0.4, -0.2) is 38.8 Å². The van der Waals surface area contributed by atoms with Gasteiger partial charge in [-0.15, -0.1) is 0 Å². The fraction of sp³-hybridized carbons (Fsp3) is 0.524. The lowest BCUT2D eigenvalue weighted by atomic mass is 9.97. The molecule has 0 aliphatic carbocycles. The van der Waals surface area contributed by atoms with E-state index in [0.717, 1.165) is 23.9 Å². The van der Waals surface area contributed by atoms with Crippen molar-refractivity contribution < 1.29 is 18.0 Å². The molecule has 1 N–H and O–H groups in total. The largest absolute Gasteiger partial charge is 0.410 e. The number of hydrogen-bond acceptors (Lipinski definition) is 3. The maximum absolute atomic E-state index is 13.9. The van der Waals surface area contributed by atoms with Crippen LogP contribution in [0.25, 0.3) is 0 Å². The van der Waals surface area contributed by atoms with E-state index >= 15 is 0 Å². The first-order valence-electron chi connectivity index (χ1n) is 10.2. The van der Waals surface area contributed by atoms with Gasteiger partial charge in [0.25, 0.3) is 5.91 Å². The number of amides is 1. The molecule has 162 valence electrons. The molecule has 3 heterocycles. The zero-order valence-electron chi connectivity index (χ0n) is 16.8. The van der Waals surface area contributed by atoms with Crippen molar-refractivity contribution in [1.82, 2.24) is 14.7 Å². The molecule has 0 radical (unpaired) electrons. The lowest BCUT2D eigenvalue weighted by molar-refractivity contribution is -0.173. The van der Waals surface area contributed by atoms with Gasteiger partial charge in [-0.2, -0.15) is 18.3 Å². The summed E-state index contributed by atoms with van der Waals surface area (Å²) in [5.41, 5.74) is 0.747. The predicted molar refractivity (Wildman–Crippen MR) is 109 cm³/mol. The Balaban J connectivity index is 1.68. The molecule has 0 unspecified atom stereocenters. The molecule has 4 rings (SSSR count). The van der Waals surface area contributed by atoms with Crippen molar-refractivity contribution in [1.29, 1.82) is 0 Å². The van der Waals surface area contributed by atoms with Crippen LogP contribution in [-0.2, 0) is 0 Å². The van der Waals surface area contributed by atoms with Crippen molar-refractivity contribution in [3.63, 3.8) is 0 Å². The van der Waals surface area contributed by atoms with Crippen LogP contribution in [0, 0.1) is 0 Å². The topological polar surface area (TPSA) is 50.2 Å². The Labute approximate surface area is 178 Å². The number of likely N-dealkylation sites (tertiary alicyclic amines) is 1. The van der Waals surface area contributed by atoms with Crippen molar-refractivity contribution in [2.75, 3.05) is 5.32 Å². The first-order chi connectivity index (χ1) is 14.1. The minimum absolute atomic E-state index is 0.0353. The Morgan fingerprint density at radius 2 is 1.80 bits per heavy atom. The first kappa shape index (κ1) is 21.0. The molecule has 5 nitrogen and oxygen atoms in total. The lowest BCUT2D eigenvalue weighted by Crippen LogP contribution is -2.47. The first-order valence-corrected chi connectivity index (χ1v) is 10.5. The summed E-state index contributed by atoms with van der Waals surface area (Å²) in [4.78, 5) is 14.9. The standard InChI is InChI=1S/C21H24ClF3N4O/c1-12-4-3-5-13(2)28(12)20(30)17-11-19-26-16(14-6-8-15(22)9-7-14)10-18(21(23,24)25)29(19)27-17/h6-9,11-13,16,18,26H,3-5,10H2,1-2H3/t12-,13+,16-,18+/m1/s1. The van der Waals surface area contributed by atoms with Gasteiger partial charge in [0, 0.05) is 29.6 Å². The Morgan fingerprint density at radius 3 is 2.40 bits per heavy atom. The van der Waals surface area contributed by atoms with E-state index in [1.165, 1.54) is 6.07 Å². The van der Waals surface area contributed by atoms with Crippen LogP contribution in [0.15, 0.2) is 30.3 Å². The number of nitrogens with zero attached hydrogens (tertiary/aromatic N) is 3. The number of alkyl halides is 3. The highest BCUT2D eigenvalue weighted by atomic mass is 35.5. The fourth-order valence-electron chi connectivity index (χ4n) is 4.55. The monoisotopic (exact) mass is 440 g/mol. The van der Waals surface area contributed by atoms with Crippen LogP contribution in [0.5, 0.6) is 0 Å². The molecular formula is C21H24ClF3N4O. The summed E-state index contributed by atoms with van der Waals surface area (Å²) in [6.45, 7) is 3.94. The van der Waals surface area contributed by atoms with Crippen LogP contribution >= 0.6 is 11.6 Å². The van der Waals surface area contributed by atoms with Crippen LogP contribution in [0.2, 0.25) is 5.02 Å². The minimum Gasteiger partial charge on any atom is -0.363 e. The molecule has 1 aromatic heterocycles. The molecule has 1 fully saturated rings. The molecule has 0 saturated carbocycles. The van der Waals surface area contributed by atoms with Crippen LogP contribution in [0.1, 0.15) is 67.7 Å². The smallest absolute Gasteiger partial charge is 0.363 e. The third-order valence-corrected chi connectivity index (χ3v) is 6.36. The second-order valence-electron chi connectivity index (χ2n) is 8.24. The maximum atomic E-state index is 13.9. The molecule has 2 aliphatic heterocycles. The van der Waals surface area contributed by atoms with Gasteiger partial charge >= 0.3 is 6.18 Å². The highest BCUT2D eigenvalue weighted by molar-refractivity contribution is 6.30. The number of rotatable bonds is 2. The Hall–Kier alpha value is -2.22. The van der Waals surface area contributed by atoms with Gasteiger partial charge in [-0.25, -0.2) is 4.68 Å².